The highest BCUT2D eigenvalue weighted by atomic mass is 16.5. The maximum absolute atomic E-state index is 9.24. The summed E-state index contributed by atoms with van der Waals surface area (Å²) in [6, 6.07) is 2.36. The van der Waals surface area contributed by atoms with Gasteiger partial charge >= 0.3 is 0 Å². The molecule has 2 rings (SSSR count). The lowest BCUT2D eigenvalue weighted by Crippen LogP contribution is -2.33. The minimum Gasteiger partial charge on any atom is -0.374 e. The molecule has 2 aliphatic rings. The van der Waals surface area contributed by atoms with Crippen LogP contribution in [0.15, 0.2) is 36.0 Å². The van der Waals surface area contributed by atoms with Gasteiger partial charge in [0.15, 0.2) is 0 Å². The zero-order chi connectivity index (χ0) is 15.3. The second kappa shape index (κ2) is 7.06. The molecule has 0 spiro atoms. The molecule has 1 heterocycles. The van der Waals surface area contributed by atoms with E-state index in [4.69, 9.17) is 10.5 Å². The Kier molecular flexibility index (Phi) is 5.39. The summed E-state index contributed by atoms with van der Waals surface area (Å²) < 4.78 is 6.03. The predicted molar refractivity (Wildman–Crippen MR) is 85.4 cm³/mol. The van der Waals surface area contributed by atoms with Crippen LogP contribution >= 0.6 is 0 Å². The summed E-state index contributed by atoms with van der Waals surface area (Å²) in [6.07, 6.45) is 15.6. The van der Waals surface area contributed by atoms with Crippen molar-refractivity contribution in [3.05, 3.63) is 36.0 Å². The van der Waals surface area contributed by atoms with E-state index in [2.05, 4.69) is 30.4 Å². The molecular formula is C18H26N2O. The van der Waals surface area contributed by atoms with Crippen molar-refractivity contribution < 1.29 is 4.74 Å². The standard InChI is InChI=1S/C18H26N2O/c1-18(2,13-20)15-6-3-5-14(9-10-15)11-16-7-4-8-17(12-19)21-16/h3,5-6,9-10,14,16-17H,4,7-8,11-12,19H2,1-2H3. The SMILES string of the molecule is CC(C)(C#N)C1=CC=CC(CC2CCCC(CN)O2)C=C1. The first-order chi connectivity index (χ1) is 10.0. The molecule has 0 aromatic heterocycles. The van der Waals surface area contributed by atoms with Crippen LogP contribution < -0.4 is 5.73 Å². The van der Waals surface area contributed by atoms with Gasteiger partial charge in [-0.3, -0.25) is 0 Å². The maximum Gasteiger partial charge on any atom is 0.0766 e. The van der Waals surface area contributed by atoms with Crippen LogP contribution in [0.1, 0.15) is 39.5 Å². The number of ether oxygens (including phenoxy) is 1. The first-order valence-corrected chi connectivity index (χ1v) is 7.89. The molecular weight excluding hydrogens is 260 g/mol. The van der Waals surface area contributed by atoms with Gasteiger partial charge in [-0.2, -0.15) is 5.26 Å². The summed E-state index contributed by atoms with van der Waals surface area (Å²) in [5.74, 6) is 0.370. The van der Waals surface area contributed by atoms with E-state index in [0.717, 1.165) is 24.8 Å². The number of nitrogens with two attached hydrogens (primary N) is 1. The quantitative estimate of drug-likeness (QED) is 0.860. The average Bonchev–Trinajstić information content (AvgIpc) is 2.73. The van der Waals surface area contributed by atoms with Crippen LogP contribution in [-0.4, -0.2) is 18.8 Å². The molecule has 0 aromatic carbocycles. The Morgan fingerprint density at radius 3 is 2.81 bits per heavy atom. The Morgan fingerprint density at radius 2 is 2.10 bits per heavy atom. The smallest absolute Gasteiger partial charge is 0.0766 e. The van der Waals surface area contributed by atoms with Crippen molar-refractivity contribution in [2.45, 2.75) is 51.7 Å². The number of hydrogen-bond acceptors (Lipinski definition) is 3. The molecule has 0 amide bonds. The lowest BCUT2D eigenvalue weighted by molar-refractivity contribution is -0.0503. The summed E-state index contributed by atoms with van der Waals surface area (Å²) in [6.45, 7) is 4.52. The molecule has 0 saturated carbocycles. The summed E-state index contributed by atoms with van der Waals surface area (Å²) in [5, 5.41) is 9.24. The number of nitrogens with zero attached hydrogens (tertiary/aromatic N) is 1. The Balaban J connectivity index is 1.96. The van der Waals surface area contributed by atoms with Gasteiger partial charge in [0.05, 0.1) is 23.7 Å². The van der Waals surface area contributed by atoms with Crippen LogP contribution in [-0.2, 0) is 4.74 Å². The second-order valence-corrected chi connectivity index (χ2v) is 6.55. The molecule has 3 atom stereocenters. The number of rotatable bonds is 4. The second-order valence-electron chi connectivity index (χ2n) is 6.55. The van der Waals surface area contributed by atoms with E-state index in [9.17, 15) is 5.26 Å². The van der Waals surface area contributed by atoms with Crippen molar-refractivity contribution in [3.63, 3.8) is 0 Å². The largest absolute Gasteiger partial charge is 0.374 e. The fourth-order valence-electron chi connectivity index (χ4n) is 2.92. The summed E-state index contributed by atoms with van der Waals surface area (Å²) in [7, 11) is 0. The van der Waals surface area contributed by atoms with Crippen LogP contribution in [0, 0.1) is 22.7 Å². The van der Waals surface area contributed by atoms with Gasteiger partial charge in [0.25, 0.3) is 0 Å². The van der Waals surface area contributed by atoms with E-state index in [0.29, 0.717) is 18.6 Å². The molecule has 114 valence electrons. The van der Waals surface area contributed by atoms with Gasteiger partial charge in [-0.1, -0.05) is 30.4 Å². The fourth-order valence-corrected chi connectivity index (χ4v) is 2.92. The minimum atomic E-state index is -0.443. The minimum absolute atomic E-state index is 0.230. The molecule has 3 unspecified atom stereocenters. The van der Waals surface area contributed by atoms with E-state index in [1.54, 1.807) is 0 Å². The first-order valence-electron chi connectivity index (χ1n) is 7.89. The first kappa shape index (κ1) is 16.0. The van der Waals surface area contributed by atoms with Crippen LogP contribution in [0.2, 0.25) is 0 Å². The van der Waals surface area contributed by atoms with E-state index < -0.39 is 5.41 Å². The van der Waals surface area contributed by atoms with Crippen LogP contribution in [0.5, 0.6) is 0 Å². The average molecular weight is 286 g/mol. The highest BCUT2D eigenvalue weighted by Crippen LogP contribution is 2.30. The molecule has 1 aliphatic carbocycles. The zero-order valence-corrected chi connectivity index (χ0v) is 13.1. The molecule has 0 aromatic rings. The van der Waals surface area contributed by atoms with E-state index in [-0.39, 0.29) is 6.10 Å². The van der Waals surface area contributed by atoms with Crippen molar-refractivity contribution in [3.8, 4) is 6.07 Å². The van der Waals surface area contributed by atoms with Gasteiger partial charge in [0.2, 0.25) is 0 Å². The monoisotopic (exact) mass is 286 g/mol. The molecule has 3 heteroatoms. The normalized spacial score (nSPS) is 29.6. The van der Waals surface area contributed by atoms with Gasteiger partial charge in [-0.05, 0) is 51.0 Å². The molecule has 1 aliphatic heterocycles. The Bertz CT molecular complexity index is 482. The summed E-state index contributed by atoms with van der Waals surface area (Å²) >= 11 is 0. The van der Waals surface area contributed by atoms with Gasteiger partial charge in [-0.25, -0.2) is 0 Å². The van der Waals surface area contributed by atoms with E-state index in [1.165, 1.54) is 6.42 Å². The lowest BCUT2D eigenvalue weighted by Gasteiger charge is -2.30. The van der Waals surface area contributed by atoms with E-state index >= 15 is 0 Å². The number of hydrogen-bond donors (Lipinski definition) is 1. The summed E-state index contributed by atoms with van der Waals surface area (Å²) in [5.41, 5.74) is 6.33. The Hall–Kier alpha value is -1.37. The lowest BCUT2D eigenvalue weighted by atomic mass is 9.85. The topological polar surface area (TPSA) is 59.0 Å². The van der Waals surface area contributed by atoms with Crippen molar-refractivity contribution >= 4 is 0 Å². The molecule has 2 N–H and O–H groups in total. The summed E-state index contributed by atoms with van der Waals surface area (Å²) in [4.78, 5) is 0. The van der Waals surface area contributed by atoms with Gasteiger partial charge in [0, 0.05) is 6.54 Å². The zero-order valence-electron chi connectivity index (χ0n) is 13.1. The third-order valence-corrected chi connectivity index (χ3v) is 4.39. The van der Waals surface area contributed by atoms with Gasteiger partial charge in [0.1, 0.15) is 0 Å². The third-order valence-electron chi connectivity index (χ3n) is 4.39. The van der Waals surface area contributed by atoms with Crippen molar-refractivity contribution in [1.82, 2.24) is 0 Å². The molecule has 1 fully saturated rings. The van der Waals surface area contributed by atoms with Gasteiger partial charge in [-0.15, -0.1) is 0 Å². The van der Waals surface area contributed by atoms with Crippen molar-refractivity contribution in [1.29, 1.82) is 5.26 Å². The maximum atomic E-state index is 9.24. The van der Waals surface area contributed by atoms with E-state index in [1.807, 2.05) is 19.9 Å². The van der Waals surface area contributed by atoms with Crippen LogP contribution in [0.3, 0.4) is 0 Å². The van der Waals surface area contributed by atoms with Crippen molar-refractivity contribution in [2.75, 3.05) is 6.54 Å². The molecule has 3 nitrogen and oxygen atoms in total. The Morgan fingerprint density at radius 1 is 1.33 bits per heavy atom. The number of nitriles is 1. The van der Waals surface area contributed by atoms with Crippen LogP contribution in [0.4, 0.5) is 0 Å². The fraction of sp³-hybridized carbons (Fsp3) is 0.611. The van der Waals surface area contributed by atoms with Crippen molar-refractivity contribution in [2.24, 2.45) is 17.1 Å². The molecule has 0 radical (unpaired) electrons. The molecule has 0 bridgehead atoms. The molecule has 21 heavy (non-hydrogen) atoms. The van der Waals surface area contributed by atoms with Gasteiger partial charge < -0.3 is 10.5 Å². The molecule has 1 saturated heterocycles. The predicted octanol–water partition coefficient (Wildman–Crippen LogP) is 3.49. The highest BCUT2D eigenvalue weighted by molar-refractivity contribution is 5.36. The highest BCUT2D eigenvalue weighted by Gasteiger charge is 2.24. The van der Waals surface area contributed by atoms with Crippen LogP contribution in [0.25, 0.3) is 0 Å². The Labute approximate surface area is 128 Å². The third kappa shape index (κ3) is 4.30. The number of allylic oxidation sites excluding steroid dienone is 6.